The molecule has 0 bridgehead atoms. The Morgan fingerprint density at radius 2 is 2.06 bits per heavy atom. The minimum absolute atomic E-state index is 0.972. The first-order valence-corrected chi connectivity index (χ1v) is 5.69. The van der Waals surface area contributed by atoms with Gasteiger partial charge in [-0.3, -0.25) is 0 Å². The fraction of sp³-hybridized carbons (Fsp3) is 0.200. The summed E-state index contributed by atoms with van der Waals surface area (Å²) in [7, 11) is 0. The van der Waals surface area contributed by atoms with Crippen molar-refractivity contribution in [3.8, 4) is 0 Å². The molecule has 16 heavy (non-hydrogen) atoms. The van der Waals surface area contributed by atoms with Gasteiger partial charge >= 0.3 is 0 Å². The van der Waals surface area contributed by atoms with E-state index in [4.69, 9.17) is 0 Å². The molecule has 2 aromatic rings. The van der Waals surface area contributed by atoms with Crippen LogP contribution in [-0.2, 0) is 6.54 Å². The Hall–Kier alpha value is -1.76. The van der Waals surface area contributed by atoms with Crippen LogP contribution in [0.25, 0.3) is 23.1 Å². The van der Waals surface area contributed by atoms with Crippen molar-refractivity contribution in [2.24, 2.45) is 0 Å². The molecular formula is C15H17N. The highest BCUT2D eigenvalue weighted by atomic mass is 15.0. The standard InChI is InChI=1S/C15H17N/c1-4-9-12-13-10-7-8-11-15(13)16(6-3)14(12)5-2/h4-5,7-11H,2,6H2,1,3H3/b9-4-. The minimum Gasteiger partial charge on any atom is -0.341 e. The normalized spacial score (nSPS) is 11.4. The van der Waals surface area contributed by atoms with Crippen LogP contribution in [0.15, 0.2) is 36.9 Å². The van der Waals surface area contributed by atoms with Gasteiger partial charge in [0.1, 0.15) is 0 Å². The lowest BCUT2D eigenvalue weighted by molar-refractivity contribution is 0.789. The Labute approximate surface area is 96.7 Å². The molecule has 1 heteroatoms. The number of hydrogen-bond donors (Lipinski definition) is 0. The summed E-state index contributed by atoms with van der Waals surface area (Å²) in [5.74, 6) is 0. The number of para-hydroxylation sites is 1. The van der Waals surface area contributed by atoms with Crippen LogP contribution in [0.1, 0.15) is 25.1 Å². The van der Waals surface area contributed by atoms with E-state index in [1.165, 1.54) is 22.2 Å². The zero-order valence-electron chi connectivity index (χ0n) is 9.90. The van der Waals surface area contributed by atoms with E-state index in [2.05, 4.69) is 54.5 Å². The van der Waals surface area contributed by atoms with Gasteiger partial charge in [-0.1, -0.05) is 36.9 Å². The lowest BCUT2D eigenvalue weighted by atomic mass is 10.1. The van der Waals surface area contributed by atoms with Crippen LogP contribution in [0.4, 0.5) is 0 Å². The molecule has 0 radical (unpaired) electrons. The monoisotopic (exact) mass is 211 g/mol. The first-order chi connectivity index (χ1) is 7.83. The molecular weight excluding hydrogens is 194 g/mol. The number of nitrogens with zero attached hydrogens (tertiary/aromatic N) is 1. The average molecular weight is 211 g/mol. The smallest absolute Gasteiger partial charge is 0.0491 e. The quantitative estimate of drug-likeness (QED) is 0.711. The van der Waals surface area contributed by atoms with Crippen LogP contribution in [0.2, 0.25) is 0 Å². The molecule has 82 valence electrons. The molecule has 0 fully saturated rings. The van der Waals surface area contributed by atoms with E-state index in [1.807, 2.05) is 13.0 Å². The van der Waals surface area contributed by atoms with Crippen LogP contribution < -0.4 is 0 Å². The van der Waals surface area contributed by atoms with Crippen molar-refractivity contribution in [2.75, 3.05) is 0 Å². The predicted octanol–water partition coefficient (Wildman–Crippen LogP) is 4.34. The summed E-state index contributed by atoms with van der Waals surface area (Å²) in [5, 5.41) is 1.30. The van der Waals surface area contributed by atoms with Crippen molar-refractivity contribution in [3.63, 3.8) is 0 Å². The van der Waals surface area contributed by atoms with Crippen LogP contribution in [0.5, 0.6) is 0 Å². The maximum absolute atomic E-state index is 3.92. The van der Waals surface area contributed by atoms with Gasteiger partial charge in [-0.05, 0) is 26.0 Å². The Bertz CT molecular complexity index is 544. The Kier molecular flexibility index (Phi) is 2.95. The van der Waals surface area contributed by atoms with E-state index in [0.29, 0.717) is 0 Å². The van der Waals surface area contributed by atoms with Crippen molar-refractivity contribution in [3.05, 3.63) is 48.2 Å². The van der Waals surface area contributed by atoms with Gasteiger partial charge in [-0.15, -0.1) is 0 Å². The molecule has 2 rings (SSSR count). The maximum Gasteiger partial charge on any atom is 0.0491 e. The molecule has 0 aliphatic carbocycles. The van der Waals surface area contributed by atoms with E-state index in [1.54, 1.807) is 0 Å². The van der Waals surface area contributed by atoms with Crippen molar-refractivity contribution in [1.29, 1.82) is 0 Å². The van der Waals surface area contributed by atoms with Gasteiger partial charge in [-0.2, -0.15) is 0 Å². The molecule has 0 aliphatic heterocycles. The Morgan fingerprint density at radius 3 is 2.69 bits per heavy atom. The molecule has 0 saturated carbocycles. The second-order valence-corrected chi connectivity index (χ2v) is 3.76. The van der Waals surface area contributed by atoms with E-state index in [0.717, 1.165) is 6.54 Å². The second kappa shape index (κ2) is 4.40. The molecule has 0 atom stereocenters. The van der Waals surface area contributed by atoms with Crippen molar-refractivity contribution in [2.45, 2.75) is 20.4 Å². The zero-order valence-corrected chi connectivity index (χ0v) is 9.90. The lowest BCUT2D eigenvalue weighted by Gasteiger charge is -2.03. The highest BCUT2D eigenvalue weighted by Gasteiger charge is 2.10. The van der Waals surface area contributed by atoms with Gasteiger partial charge in [0.05, 0.1) is 0 Å². The number of rotatable bonds is 3. The van der Waals surface area contributed by atoms with Gasteiger partial charge in [-0.25, -0.2) is 0 Å². The molecule has 0 N–H and O–H groups in total. The van der Waals surface area contributed by atoms with Crippen LogP contribution >= 0.6 is 0 Å². The summed E-state index contributed by atoms with van der Waals surface area (Å²) in [6.45, 7) is 9.11. The topological polar surface area (TPSA) is 4.93 Å². The maximum atomic E-state index is 3.92. The highest BCUT2D eigenvalue weighted by molar-refractivity contribution is 5.93. The third-order valence-corrected chi connectivity index (χ3v) is 2.89. The summed E-state index contributed by atoms with van der Waals surface area (Å²) < 4.78 is 2.30. The fourth-order valence-corrected chi connectivity index (χ4v) is 2.25. The summed E-state index contributed by atoms with van der Waals surface area (Å²) in [4.78, 5) is 0. The van der Waals surface area contributed by atoms with Crippen LogP contribution in [0, 0.1) is 0 Å². The number of benzene rings is 1. The molecule has 0 amide bonds. The minimum atomic E-state index is 0.972. The zero-order chi connectivity index (χ0) is 11.5. The highest BCUT2D eigenvalue weighted by Crippen LogP contribution is 2.28. The SMILES string of the molecule is C=Cc1c(/C=C\C)c2ccccc2n1CC. The molecule has 1 aromatic heterocycles. The third kappa shape index (κ3) is 1.49. The summed E-state index contributed by atoms with van der Waals surface area (Å²) >= 11 is 0. The first kappa shape index (κ1) is 10.7. The van der Waals surface area contributed by atoms with Crippen molar-refractivity contribution < 1.29 is 0 Å². The second-order valence-electron chi connectivity index (χ2n) is 3.76. The van der Waals surface area contributed by atoms with Gasteiger partial charge in [0, 0.05) is 28.7 Å². The number of aromatic nitrogens is 1. The Balaban J connectivity index is 2.89. The van der Waals surface area contributed by atoms with Crippen molar-refractivity contribution in [1.82, 2.24) is 4.57 Å². The lowest BCUT2D eigenvalue weighted by Crippen LogP contribution is -1.96. The molecule has 1 aromatic carbocycles. The van der Waals surface area contributed by atoms with Crippen LogP contribution in [-0.4, -0.2) is 4.57 Å². The molecule has 1 nitrogen and oxygen atoms in total. The van der Waals surface area contributed by atoms with Crippen molar-refractivity contribution >= 4 is 23.1 Å². The number of fused-ring (bicyclic) bond motifs is 1. The van der Waals surface area contributed by atoms with E-state index >= 15 is 0 Å². The van der Waals surface area contributed by atoms with Gasteiger partial charge < -0.3 is 4.57 Å². The van der Waals surface area contributed by atoms with Crippen LogP contribution in [0.3, 0.4) is 0 Å². The summed E-state index contributed by atoms with van der Waals surface area (Å²) in [5.41, 5.74) is 3.77. The molecule has 1 heterocycles. The fourth-order valence-electron chi connectivity index (χ4n) is 2.25. The Morgan fingerprint density at radius 1 is 1.31 bits per heavy atom. The summed E-state index contributed by atoms with van der Waals surface area (Å²) in [6.07, 6.45) is 6.18. The average Bonchev–Trinajstić information content (AvgIpc) is 2.63. The largest absolute Gasteiger partial charge is 0.341 e. The third-order valence-electron chi connectivity index (χ3n) is 2.89. The molecule has 0 spiro atoms. The molecule has 0 aliphatic rings. The van der Waals surface area contributed by atoms with E-state index in [9.17, 15) is 0 Å². The number of aryl methyl sites for hydroxylation is 1. The molecule has 0 unspecified atom stereocenters. The predicted molar refractivity (Wildman–Crippen MR) is 72.4 cm³/mol. The number of hydrogen-bond acceptors (Lipinski definition) is 0. The van der Waals surface area contributed by atoms with Gasteiger partial charge in [0.2, 0.25) is 0 Å². The molecule has 0 saturated heterocycles. The van der Waals surface area contributed by atoms with E-state index < -0.39 is 0 Å². The first-order valence-electron chi connectivity index (χ1n) is 5.69. The van der Waals surface area contributed by atoms with E-state index in [-0.39, 0.29) is 0 Å². The number of allylic oxidation sites excluding steroid dienone is 1. The summed E-state index contributed by atoms with van der Waals surface area (Å²) in [6, 6.07) is 8.51. The van der Waals surface area contributed by atoms with Gasteiger partial charge in [0.25, 0.3) is 0 Å². The van der Waals surface area contributed by atoms with Gasteiger partial charge in [0.15, 0.2) is 0 Å².